The smallest absolute Gasteiger partial charge is 0.309 e. The number of amides is 1. The number of hydrogen-bond donors (Lipinski definition) is 3. The van der Waals surface area contributed by atoms with Crippen molar-refractivity contribution in [2.24, 2.45) is 5.92 Å². The Morgan fingerprint density at radius 1 is 0.972 bits per heavy atom. The van der Waals surface area contributed by atoms with Crippen LogP contribution in [0.5, 0.6) is 17.2 Å². The maximum absolute atomic E-state index is 13.5. The number of phenols is 2. The number of aromatic hydroxyl groups is 2. The molecule has 196 valence electrons. The molecule has 0 spiro atoms. The van der Waals surface area contributed by atoms with Crippen LogP contribution in [0.3, 0.4) is 0 Å². The number of unbranched alkanes of at least 4 members (excludes halogenated alkanes) is 2. The number of ether oxygens (including phenoxy) is 1. The molecule has 1 aliphatic rings. The predicted molar refractivity (Wildman–Crippen MR) is 137 cm³/mol. The van der Waals surface area contributed by atoms with Crippen molar-refractivity contribution >= 4 is 11.9 Å². The molecule has 0 aromatic heterocycles. The third kappa shape index (κ3) is 6.29. The van der Waals surface area contributed by atoms with Crippen molar-refractivity contribution in [3.8, 4) is 17.2 Å². The van der Waals surface area contributed by atoms with Crippen LogP contribution in [0.15, 0.2) is 42.5 Å². The fourth-order valence-corrected chi connectivity index (χ4v) is 5.03. The summed E-state index contributed by atoms with van der Waals surface area (Å²) < 4.78 is 5.28. The van der Waals surface area contributed by atoms with Gasteiger partial charge in [-0.15, -0.1) is 0 Å². The van der Waals surface area contributed by atoms with E-state index in [2.05, 4.69) is 13.8 Å². The van der Waals surface area contributed by atoms with E-state index in [4.69, 9.17) is 4.74 Å². The Hall–Kier alpha value is -3.26. The van der Waals surface area contributed by atoms with Gasteiger partial charge in [-0.2, -0.15) is 0 Å². The van der Waals surface area contributed by atoms with Crippen LogP contribution in [0.4, 0.5) is 0 Å². The number of phenolic OH excluding ortho intramolecular Hbond substituents is 2. The van der Waals surface area contributed by atoms with E-state index in [0.717, 1.165) is 31.2 Å². The first-order valence-corrected chi connectivity index (χ1v) is 12.7. The molecule has 0 bridgehead atoms. The zero-order valence-corrected chi connectivity index (χ0v) is 21.4. The monoisotopic (exact) mass is 498 g/mol. The molecular formula is C28H38N2O6. The molecule has 1 saturated heterocycles. The SMILES string of the molecule is CCCCN(CCCC)C(=O)CN1C[C@H](c2ccc(O)c(O)c2)[C@@H](C(=O)O)[C@@H]1c1ccc(OC)cc1. The van der Waals surface area contributed by atoms with E-state index in [1.165, 1.54) is 12.1 Å². The molecule has 3 N–H and O–H groups in total. The number of aliphatic carboxylic acids is 1. The first kappa shape index (κ1) is 27.3. The summed E-state index contributed by atoms with van der Waals surface area (Å²) in [5, 5.41) is 30.2. The van der Waals surface area contributed by atoms with Crippen LogP contribution in [0.1, 0.15) is 62.6 Å². The minimum Gasteiger partial charge on any atom is -0.504 e. The average Bonchev–Trinajstić information content (AvgIpc) is 3.25. The van der Waals surface area contributed by atoms with Crippen molar-refractivity contribution in [1.29, 1.82) is 0 Å². The summed E-state index contributed by atoms with van der Waals surface area (Å²) in [6.45, 7) is 6.00. The number of carbonyl (C=O) groups is 2. The van der Waals surface area contributed by atoms with Gasteiger partial charge >= 0.3 is 5.97 Å². The van der Waals surface area contributed by atoms with E-state index in [9.17, 15) is 24.9 Å². The van der Waals surface area contributed by atoms with Gasteiger partial charge in [-0.05, 0) is 48.2 Å². The summed E-state index contributed by atoms with van der Waals surface area (Å²) in [7, 11) is 1.57. The van der Waals surface area contributed by atoms with Gasteiger partial charge in [0.25, 0.3) is 0 Å². The van der Waals surface area contributed by atoms with E-state index in [0.29, 0.717) is 30.9 Å². The summed E-state index contributed by atoms with van der Waals surface area (Å²) in [5.74, 6) is -2.20. The Kier molecular flexibility index (Phi) is 9.58. The van der Waals surface area contributed by atoms with Crippen molar-refractivity contribution in [2.45, 2.75) is 51.5 Å². The minimum absolute atomic E-state index is 0.00578. The second-order valence-corrected chi connectivity index (χ2v) is 9.45. The lowest BCUT2D eigenvalue weighted by molar-refractivity contribution is -0.144. The standard InChI is InChI=1S/C28H38N2O6/c1-4-6-14-29(15-7-5-2)25(33)18-30-17-22(20-10-13-23(31)24(32)16-20)26(28(34)35)27(30)19-8-11-21(36-3)12-9-19/h8-13,16,22,26-27,31-32H,4-7,14-15,17-18H2,1-3H3,(H,34,35)/t22-,26-,27+/m1/s1. The van der Waals surface area contributed by atoms with Gasteiger partial charge in [0.1, 0.15) is 5.75 Å². The summed E-state index contributed by atoms with van der Waals surface area (Å²) in [6, 6.07) is 11.2. The van der Waals surface area contributed by atoms with E-state index in [1.54, 1.807) is 25.3 Å². The normalized spacial score (nSPS) is 19.8. The molecule has 3 atom stereocenters. The predicted octanol–water partition coefficient (Wildman–Crippen LogP) is 4.38. The lowest BCUT2D eigenvalue weighted by Crippen LogP contribution is -2.42. The molecule has 1 amide bonds. The van der Waals surface area contributed by atoms with Crippen LogP contribution in [0, 0.1) is 5.92 Å². The van der Waals surface area contributed by atoms with E-state index in [-0.39, 0.29) is 24.0 Å². The Morgan fingerprint density at radius 2 is 1.58 bits per heavy atom. The van der Waals surface area contributed by atoms with Gasteiger partial charge in [0.2, 0.25) is 5.91 Å². The quantitative estimate of drug-likeness (QED) is 0.373. The van der Waals surface area contributed by atoms with E-state index in [1.807, 2.05) is 21.9 Å². The molecule has 1 fully saturated rings. The van der Waals surface area contributed by atoms with Gasteiger partial charge < -0.3 is 25.0 Å². The van der Waals surface area contributed by atoms with Gasteiger partial charge in [0.05, 0.1) is 19.6 Å². The summed E-state index contributed by atoms with van der Waals surface area (Å²) in [5.41, 5.74) is 1.40. The van der Waals surface area contributed by atoms with Gasteiger partial charge in [-0.25, -0.2) is 0 Å². The highest BCUT2D eigenvalue weighted by Gasteiger charge is 2.48. The maximum atomic E-state index is 13.5. The number of methoxy groups -OCH3 is 1. The van der Waals surface area contributed by atoms with Crippen molar-refractivity contribution < 1.29 is 29.6 Å². The van der Waals surface area contributed by atoms with Crippen molar-refractivity contribution in [3.63, 3.8) is 0 Å². The topological polar surface area (TPSA) is 111 Å². The molecule has 36 heavy (non-hydrogen) atoms. The molecular weight excluding hydrogens is 460 g/mol. The zero-order chi connectivity index (χ0) is 26.2. The molecule has 8 nitrogen and oxygen atoms in total. The third-order valence-corrected chi connectivity index (χ3v) is 7.02. The van der Waals surface area contributed by atoms with Crippen LogP contribution in [0.25, 0.3) is 0 Å². The molecule has 1 aliphatic heterocycles. The van der Waals surface area contributed by atoms with Crippen LogP contribution in [-0.4, -0.2) is 70.3 Å². The molecule has 0 saturated carbocycles. The van der Waals surface area contributed by atoms with Crippen LogP contribution < -0.4 is 4.74 Å². The molecule has 1 heterocycles. The fourth-order valence-electron chi connectivity index (χ4n) is 5.03. The first-order valence-electron chi connectivity index (χ1n) is 12.7. The number of likely N-dealkylation sites (tertiary alicyclic amines) is 1. The number of nitrogens with zero attached hydrogens (tertiary/aromatic N) is 2. The second-order valence-electron chi connectivity index (χ2n) is 9.45. The number of carboxylic acid groups (broad SMARTS) is 1. The van der Waals surface area contributed by atoms with Crippen LogP contribution in [-0.2, 0) is 9.59 Å². The second kappa shape index (κ2) is 12.6. The Morgan fingerprint density at radius 3 is 2.11 bits per heavy atom. The number of rotatable bonds is 12. The molecule has 3 rings (SSSR count). The largest absolute Gasteiger partial charge is 0.504 e. The van der Waals surface area contributed by atoms with E-state index >= 15 is 0 Å². The summed E-state index contributed by atoms with van der Waals surface area (Å²) >= 11 is 0. The Labute approximate surface area is 213 Å². The fraction of sp³-hybridized carbons (Fsp3) is 0.500. The minimum atomic E-state index is -0.975. The van der Waals surface area contributed by atoms with Gasteiger partial charge in [-0.3, -0.25) is 14.5 Å². The highest BCUT2D eigenvalue weighted by Crippen LogP contribution is 2.47. The van der Waals surface area contributed by atoms with Gasteiger partial charge in [0.15, 0.2) is 11.5 Å². The maximum Gasteiger partial charge on any atom is 0.309 e. The zero-order valence-electron chi connectivity index (χ0n) is 21.4. The summed E-state index contributed by atoms with van der Waals surface area (Å²) in [4.78, 5) is 29.9. The van der Waals surface area contributed by atoms with Crippen molar-refractivity contribution in [2.75, 3.05) is 33.3 Å². The molecule has 0 radical (unpaired) electrons. The number of hydrogen-bond acceptors (Lipinski definition) is 6. The average molecular weight is 499 g/mol. The molecule has 0 aliphatic carbocycles. The first-order chi connectivity index (χ1) is 17.3. The van der Waals surface area contributed by atoms with E-state index < -0.39 is 23.8 Å². The highest BCUT2D eigenvalue weighted by molar-refractivity contribution is 5.79. The molecule has 0 unspecified atom stereocenters. The Bertz CT molecular complexity index is 1020. The lowest BCUT2D eigenvalue weighted by Gasteiger charge is -2.30. The summed E-state index contributed by atoms with van der Waals surface area (Å²) in [6.07, 6.45) is 3.82. The van der Waals surface area contributed by atoms with Gasteiger partial charge in [-0.1, -0.05) is 44.9 Å². The number of carbonyl (C=O) groups excluding carboxylic acids is 1. The highest BCUT2D eigenvalue weighted by atomic mass is 16.5. The van der Waals surface area contributed by atoms with Crippen molar-refractivity contribution in [1.82, 2.24) is 9.80 Å². The van der Waals surface area contributed by atoms with Crippen molar-refractivity contribution in [3.05, 3.63) is 53.6 Å². The lowest BCUT2D eigenvalue weighted by atomic mass is 9.82. The Balaban J connectivity index is 1.98. The number of carboxylic acids is 1. The van der Waals surface area contributed by atoms with Crippen LogP contribution in [0.2, 0.25) is 0 Å². The molecule has 2 aromatic carbocycles. The number of benzene rings is 2. The molecule has 8 heteroatoms. The third-order valence-electron chi connectivity index (χ3n) is 7.02. The van der Waals surface area contributed by atoms with Crippen LogP contribution >= 0.6 is 0 Å². The molecule has 2 aromatic rings. The van der Waals surface area contributed by atoms with Gasteiger partial charge in [0, 0.05) is 31.6 Å².